The summed E-state index contributed by atoms with van der Waals surface area (Å²) in [7, 11) is 0. The number of nitrogens with zero attached hydrogens (tertiary/aromatic N) is 1. The first-order chi connectivity index (χ1) is 14.4. The number of nitrogens with one attached hydrogen (secondary N) is 1. The number of halogens is 3. The van der Waals surface area contributed by atoms with E-state index in [0.717, 1.165) is 11.3 Å². The molecule has 0 aliphatic rings. The summed E-state index contributed by atoms with van der Waals surface area (Å²) in [5.74, 6) is -5.25. The van der Waals surface area contributed by atoms with Crippen LogP contribution < -0.4 is 5.56 Å². The molecule has 0 fully saturated rings. The van der Waals surface area contributed by atoms with Gasteiger partial charge in [-0.2, -0.15) is 0 Å². The van der Waals surface area contributed by atoms with E-state index in [1.807, 2.05) is 0 Å². The van der Waals surface area contributed by atoms with Crippen molar-refractivity contribution in [3.05, 3.63) is 74.8 Å². The van der Waals surface area contributed by atoms with E-state index in [2.05, 4.69) is 9.97 Å². The number of esters is 1. The SMILES string of the molecule is CCOC(=O)C(Cc1nc2c(F)c(F)cc(F)c2s1)c1cc2ccccc2[nH]c1=O. The number of pyridine rings is 1. The number of para-hydroxylation sites is 1. The first-order valence-electron chi connectivity index (χ1n) is 9.10. The maximum Gasteiger partial charge on any atom is 0.314 e. The van der Waals surface area contributed by atoms with Crippen LogP contribution in [0.4, 0.5) is 13.2 Å². The summed E-state index contributed by atoms with van der Waals surface area (Å²) >= 11 is 0.802. The van der Waals surface area contributed by atoms with Gasteiger partial charge in [0.25, 0.3) is 5.56 Å². The van der Waals surface area contributed by atoms with Crippen molar-refractivity contribution in [1.82, 2.24) is 9.97 Å². The molecule has 4 rings (SSSR count). The summed E-state index contributed by atoms with van der Waals surface area (Å²) in [6, 6.07) is 9.11. The molecule has 154 valence electrons. The number of hydrogen-bond acceptors (Lipinski definition) is 5. The largest absolute Gasteiger partial charge is 0.466 e. The molecule has 0 aliphatic carbocycles. The van der Waals surface area contributed by atoms with Gasteiger partial charge in [-0.15, -0.1) is 11.3 Å². The van der Waals surface area contributed by atoms with E-state index in [1.165, 1.54) is 0 Å². The Kier molecular flexibility index (Phi) is 5.29. The molecule has 0 saturated heterocycles. The summed E-state index contributed by atoms with van der Waals surface area (Å²) < 4.78 is 46.5. The molecular formula is C21H15F3N2O3S. The van der Waals surface area contributed by atoms with Gasteiger partial charge in [0.15, 0.2) is 11.6 Å². The maximum atomic E-state index is 14.0. The first kappa shape index (κ1) is 20.1. The van der Waals surface area contributed by atoms with Gasteiger partial charge in [0, 0.05) is 23.6 Å². The molecule has 5 nitrogen and oxygen atoms in total. The molecule has 1 atom stereocenters. The van der Waals surface area contributed by atoms with Crippen molar-refractivity contribution < 1.29 is 22.7 Å². The molecule has 0 spiro atoms. The molecule has 0 radical (unpaired) electrons. The van der Waals surface area contributed by atoms with Crippen LogP contribution in [0.25, 0.3) is 21.1 Å². The van der Waals surface area contributed by atoms with Crippen LogP contribution in [0.5, 0.6) is 0 Å². The Hall–Kier alpha value is -3.20. The van der Waals surface area contributed by atoms with E-state index in [1.54, 1.807) is 37.3 Å². The topological polar surface area (TPSA) is 72.0 Å². The second-order valence-electron chi connectivity index (χ2n) is 6.59. The van der Waals surface area contributed by atoms with Gasteiger partial charge in [0.05, 0.1) is 22.2 Å². The van der Waals surface area contributed by atoms with Crippen LogP contribution in [0.15, 0.2) is 41.2 Å². The fraction of sp³-hybridized carbons (Fsp3) is 0.190. The Bertz CT molecular complexity index is 1330. The second-order valence-corrected chi connectivity index (χ2v) is 7.67. The lowest BCUT2D eigenvalue weighted by molar-refractivity contribution is -0.145. The van der Waals surface area contributed by atoms with Crippen molar-refractivity contribution in [2.24, 2.45) is 0 Å². The fourth-order valence-electron chi connectivity index (χ4n) is 3.28. The van der Waals surface area contributed by atoms with Gasteiger partial charge < -0.3 is 9.72 Å². The first-order valence-corrected chi connectivity index (χ1v) is 9.92. The van der Waals surface area contributed by atoms with Gasteiger partial charge in [0.1, 0.15) is 11.3 Å². The normalized spacial score (nSPS) is 12.4. The number of fused-ring (bicyclic) bond motifs is 2. The predicted molar refractivity (Wildman–Crippen MR) is 107 cm³/mol. The van der Waals surface area contributed by atoms with E-state index in [0.29, 0.717) is 17.0 Å². The summed E-state index contributed by atoms with van der Waals surface area (Å²) in [6.07, 6.45) is -0.125. The third-order valence-electron chi connectivity index (χ3n) is 4.67. The van der Waals surface area contributed by atoms with Crippen LogP contribution in [0, 0.1) is 17.5 Å². The Balaban J connectivity index is 1.81. The van der Waals surface area contributed by atoms with Crippen LogP contribution in [-0.4, -0.2) is 22.5 Å². The van der Waals surface area contributed by atoms with E-state index in [4.69, 9.17) is 4.74 Å². The van der Waals surface area contributed by atoms with Gasteiger partial charge in [-0.3, -0.25) is 9.59 Å². The molecule has 0 saturated carbocycles. The number of carbonyl (C=O) groups excluding carboxylic acids is 1. The number of aromatic nitrogens is 2. The number of benzene rings is 2. The number of rotatable bonds is 5. The summed E-state index contributed by atoms with van der Waals surface area (Å²) in [5, 5.41) is 0.892. The van der Waals surface area contributed by atoms with Crippen LogP contribution in [0.3, 0.4) is 0 Å². The monoisotopic (exact) mass is 432 g/mol. The third-order valence-corrected chi connectivity index (χ3v) is 5.75. The number of thiazole rings is 1. The molecule has 2 aromatic heterocycles. The van der Waals surface area contributed by atoms with Crippen molar-refractivity contribution in [2.45, 2.75) is 19.3 Å². The summed E-state index contributed by atoms with van der Waals surface area (Å²) in [6.45, 7) is 1.72. The number of hydrogen-bond donors (Lipinski definition) is 1. The van der Waals surface area contributed by atoms with Crippen molar-refractivity contribution in [3.63, 3.8) is 0 Å². The van der Waals surface area contributed by atoms with Crippen LogP contribution >= 0.6 is 11.3 Å². The number of ether oxygens (including phenoxy) is 1. The Labute approximate surface area is 172 Å². The highest BCUT2D eigenvalue weighted by Gasteiger charge is 2.28. The number of H-pyrrole nitrogens is 1. The Morgan fingerprint density at radius 1 is 1.20 bits per heavy atom. The van der Waals surface area contributed by atoms with Crippen LogP contribution in [0.1, 0.15) is 23.4 Å². The maximum absolute atomic E-state index is 14.0. The zero-order chi connectivity index (χ0) is 21.4. The lowest BCUT2D eigenvalue weighted by Crippen LogP contribution is -2.25. The molecule has 1 unspecified atom stereocenters. The molecule has 9 heteroatoms. The van der Waals surface area contributed by atoms with Gasteiger partial charge in [-0.05, 0) is 24.4 Å². The quantitative estimate of drug-likeness (QED) is 0.374. The minimum Gasteiger partial charge on any atom is -0.466 e. The second kappa shape index (κ2) is 7.91. The molecule has 30 heavy (non-hydrogen) atoms. The fourth-order valence-corrected chi connectivity index (χ4v) is 4.29. The summed E-state index contributed by atoms with van der Waals surface area (Å²) in [4.78, 5) is 32.0. The van der Waals surface area contributed by atoms with E-state index < -0.39 is 40.4 Å². The van der Waals surface area contributed by atoms with E-state index >= 15 is 0 Å². The van der Waals surface area contributed by atoms with Crippen molar-refractivity contribution in [2.75, 3.05) is 6.61 Å². The zero-order valence-corrected chi connectivity index (χ0v) is 16.5. The van der Waals surface area contributed by atoms with Gasteiger partial charge in [0.2, 0.25) is 0 Å². The Morgan fingerprint density at radius 2 is 1.97 bits per heavy atom. The van der Waals surface area contributed by atoms with Crippen LogP contribution in [-0.2, 0) is 16.0 Å². The van der Waals surface area contributed by atoms with Crippen molar-refractivity contribution >= 4 is 38.4 Å². The van der Waals surface area contributed by atoms with Gasteiger partial charge in [-0.25, -0.2) is 18.2 Å². The smallest absolute Gasteiger partial charge is 0.314 e. The molecule has 0 amide bonds. The standard InChI is InChI=1S/C21H15F3N2O3S/c1-2-29-21(28)12(11-7-10-5-3-4-6-15(10)25-20(11)27)8-16-26-18-17(24)13(22)9-14(23)19(18)30-16/h3-7,9,12H,2,8H2,1H3,(H,25,27). The lowest BCUT2D eigenvalue weighted by Gasteiger charge is -2.14. The number of aromatic amines is 1. The molecule has 2 heterocycles. The van der Waals surface area contributed by atoms with Crippen molar-refractivity contribution in [1.29, 1.82) is 0 Å². The van der Waals surface area contributed by atoms with Crippen molar-refractivity contribution in [3.8, 4) is 0 Å². The number of carbonyl (C=O) groups is 1. The van der Waals surface area contributed by atoms with Gasteiger partial charge >= 0.3 is 5.97 Å². The molecule has 0 aliphatic heterocycles. The highest BCUT2D eigenvalue weighted by atomic mass is 32.1. The molecule has 0 bridgehead atoms. The molecule has 2 aromatic carbocycles. The molecular weight excluding hydrogens is 417 g/mol. The molecule has 4 aromatic rings. The van der Waals surface area contributed by atoms with Gasteiger partial charge in [-0.1, -0.05) is 18.2 Å². The van der Waals surface area contributed by atoms with E-state index in [9.17, 15) is 22.8 Å². The predicted octanol–water partition coefficient (Wildman–Crippen LogP) is 4.44. The highest BCUT2D eigenvalue weighted by Crippen LogP contribution is 2.32. The Morgan fingerprint density at radius 3 is 2.73 bits per heavy atom. The summed E-state index contributed by atoms with van der Waals surface area (Å²) in [5.41, 5.74) is -0.161. The lowest BCUT2D eigenvalue weighted by atomic mass is 9.96. The van der Waals surface area contributed by atoms with E-state index in [-0.39, 0.29) is 28.3 Å². The highest BCUT2D eigenvalue weighted by molar-refractivity contribution is 7.18. The third kappa shape index (κ3) is 3.56. The average molecular weight is 432 g/mol. The zero-order valence-electron chi connectivity index (χ0n) is 15.7. The minimum atomic E-state index is -1.34. The van der Waals surface area contributed by atoms with Crippen LogP contribution in [0.2, 0.25) is 0 Å². The molecule has 1 N–H and O–H groups in total. The average Bonchev–Trinajstić information content (AvgIpc) is 3.15. The minimum absolute atomic E-state index is 0.0924.